The van der Waals surface area contributed by atoms with Crippen molar-refractivity contribution >= 4 is 7.60 Å². The molecule has 4 nitrogen and oxygen atoms in total. The van der Waals surface area contributed by atoms with Crippen molar-refractivity contribution in [2.45, 2.75) is 168 Å². The molecule has 0 aliphatic heterocycles. The van der Waals surface area contributed by atoms with Crippen molar-refractivity contribution in [3.8, 4) is 12.3 Å². The first-order valence-corrected chi connectivity index (χ1v) is 18.8. The highest BCUT2D eigenvalue weighted by molar-refractivity contribution is 7.53. The monoisotopic (exact) mass is 649 g/mol. The average Bonchev–Trinajstić information content (AvgIpc) is 2.89. The molecular formula is C34H69BrNO3P. The third kappa shape index (κ3) is 29.6. The number of halogens is 1. The molecular weight excluding hydrogens is 581 g/mol. The van der Waals surface area contributed by atoms with Gasteiger partial charge in [-0.1, -0.05) is 155 Å². The van der Waals surface area contributed by atoms with Gasteiger partial charge in [-0.05, 0) is 18.8 Å². The third-order valence-corrected chi connectivity index (χ3v) is 9.91. The molecule has 0 fully saturated rings. The second-order valence-corrected chi connectivity index (χ2v) is 14.5. The SMILES string of the molecule is C#CC[N+](C)(C)CP(=O)(OCCCCCCCCCCCCCC)OCCCCCCCCCCCCCC.[Br-]. The summed E-state index contributed by atoms with van der Waals surface area (Å²) < 4.78 is 26.0. The van der Waals surface area contributed by atoms with E-state index >= 15 is 0 Å². The van der Waals surface area contributed by atoms with Crippen LogP contribution in [0.4, 0.5) is 0 Å². The van der Waals surface area contributed by atoms with Gasteiger partial charge in [-0.3, -0.25) is 4.57 Å². The van der Waals surface area contributed by atoms with Crippen LogP contribution >= 0.6 is 7.60 Å². The average molecular weight is 651 g/mol. The predicted molar refractivity (Wildman–Crippen MR) is 172 cm³/mol. The summed E-state index contributed by atoms with van der Waals surface area (Å²) in [5.74, 6) is 2.71. The molecule has 40 heavy (non-hydrogen) atoms. The lowest BCUT2D eigenvalue weighted by molar-refractivity contribution is -0.872. The Morgan fingerprint density at radius 1 is 0.550 bits per heavy atom. The van der Waals surface area contributed by atoms with Gasteiger partial charge < -0.3 is 30.5 Å². The molecule has 0 spiro atoms. The van der Waals surface area contributed by atoms with Crippen molar-refractivity contribution in [1.82, 2.24) is 0 Å². The number of hydrogen-bond donors (Lipinski definition) is 0. The molecule has 240 valence electrons. The Kier molecular flexibility index (Phi) is 32.3. The fourth-order valence-corrected chi connectivity index (χ4v) is 7.27. The molecule has 0 aromatic carbocycles. The zero-order valence-electron chi connectivity index (χ0n) is 27.4. The second-order valence-electron chi connectivity index (χ2n) is 12.5. The summed E-state index contributed by atoms with van der Waals surface area (Å²) >= 11 is 0. The minimum absolute atomic E-state index is 0. The fraction of sp³-hybridized carbons (Fsp3) is 0.941. The van der Waals surface area contributed by atoms with Gasteiger partial charge in [0, 0.05) is 0 Å². The van der Waals surface area contributed by atoms with Gasteiger partial charge in [0.15, 0.2) is 6.29 Å². The maximum absolute atomic E-state index is 13.6. The molecule has 6 heteroatoms. The smallest absolute Gasteiger partial charge is 0.384 e. The minimum Gasteiger partial charge on any atom is -1.00 e. The molecule has 0 radical (unpaired) electrons. The van der Waals surface area contributed by atoms with Crippen molar-refractivity contribution in [1.29, 1.82) is 0 Å². The van der Waals surface area contributed by atoms with E-state index in [0.717, 1.165) is 25.7 Å². The number of nitrogens with zero attached hydrogens (tertiary/aromatic N) is 1. The van der Waals surface area contributed by atoms with E-state index in [9.17, 15) is 4.57 Å². The number of hydrogen-bond acceptors (Lipinski definition) is 3. The highest BCUT2D eigenvalue weighted by atomic mass is 79.9. The Bertz CT molecular complexity index is 574. The normalized spacial score (nSPS) is 11.9. The van der Waals surface area contributed by atoms with Crippen LogP contribution in [-0.2, 0) is 13.6 Å². The van der Waals surface area contributed by atoms with E-state index in [1.165, 1.54) is 128 Å². The Labute approximate surface area is 262 Å². The zero-order chi connectivity index (χ0) is 28.9. The molecule has 0 aromatic heterocycles. The molecule has 0 saturated heterocycles. The Morgan fingerprint density at radius 2 is 0.825 bits per heavy atom. The summed E-state index contributed by atoms with van der Waals surface area (Å²) in [6, 6.07) is 0. The zero-order valence-corrected chi connectivity index (χ0v) is 29.9. The van der Waals surface area contributed by atoms with Gasteiger partial charge >= 0.3 is 7.60 Å². The molecule has 0 atom stereocenters. The van der Waals surface area contributed by atoms with E-state index < -0.39 is 7.60 Å². The molecule has 0 bridgehead atoms. The van der Waals surface area contributed by atoms with Crippen molar-refractivity contribution in [2.24, 2.45) is 0 Å². The van der Waals surface area contributed by atoms with Crippen molar-refractivity contribution in [3.05, 3.63) is 0 Å². The van der Waals surface area contributed by atoms with Gasteiger partial charge in [0.25, 0.3) is 0 Å². The Morgan fingerprint density at radius 3 is 1.10 bits per heavy atom. The lowest BCUT2D eigenvalue weighted by Crippen LogP contribution is -3.00. The lowest BCUT2D eigenvalue weighted by atomic mass is 10.1. The largest absolute Gasteiger partial charge is 1.00 e. The van der Waals surface area contributed by atoms with Crippen LogP contribution < -0.4 is 17.0 Å². The highest BCUT2D eigenvalue weighted by Crippen LogP contribution is 2.50. The first-order chi connectivity index (χ1) is 18.9. The molecule has 0 aliphatic carbocycles. The molecule has 0 amide bonds. The van der Waals surface area contributed by atoms with Crippen LogP contribution in [0.3, 0.4) is 0 Å². The van der Waals surface area contributed by atoms with Crippen molar-refractivity contribution < 1.29 is 35.1 Å². The van der Waals surface area contributed by atoms with Crippen LogP contribution in [0.15, 0.2) is 0 Å². The van der Waals surface area contributed by atoms with E-state index in [2.05, 4.69) is 19.8 Å². The fourth-order valence-electron chi connectivity index (χ4n) is 5.18. The maximum Gasteiger partial charge on any atom is 0.384 e. The van der Waals surface area contributed by atoms with Crippen LogP contribution in [0.5, 0.6) is 0 Å². The van der Waals surface area contributed by atoms with Crippen molar-refractivity contribution in [3.63, 3.8) is 0 Å². The van der Waals surface area contributed by atoms with E-state index in [4.69, 9.17) is 15.5 Å². The third-order valence-electron chi connectivity index (χ3n) is 7.65. The van der Waals surface area contributed by atoms with E-state index in [-0.39, 0.29) is 17.0 Å². The van der Waals surface area contributed by atoms with Gasteiger partial charge in [-0.25, -0.2) is 0 Å². The van der Waals surface area contributed by atoms with E-state index in [1.807, 2.05) is 14.1 Å². The quantitative estimate of drug-likeness (QED) is 0.0328. The second kappa shape index (κ2) is 30.6. The molecule has 0 saturated carbocycles. The van der Waals surface area contributed by atoms with E-state index in [1.54, 1.807) is 0 Å². The van der Waals surface area contributed by atoms with Crippen LogP contribution in [0.25, 0.3) is 0 Å². The number of quaternary nitrogens is 1. The molecule has 0 rings (SSSR count). The summed E-state index contributed by atoms with van der Waals surface area (Å²) in [6.45, 7) is 6.10. The van der Waals surface area contributed by atoms with Crippen molar-refractivity contribution in [2.75, 3.05) is 40.1 Å². The summed E-state index contributed by atoms with van der Waals surface area (Å²) in [5, 5.41) is 0. The van der Waals surface area contributed by atoms with Gasteiger partial charge in [-0.15, -0.1) is 6.42 Å². The first-order valence-electron chi connectivity index (χ1n) is 17.0. The maximum atomic E-state index is 13.6. The van der Waals surface area contributed by atoms with E-state index in [0.29, 0.717) is 30.5 Å². The first kappa shape index (κ1) is 42.3. The summed E-state index contributed by atoms with van der Waals surface area (Å²) in [7, 11) is 0.855. The van der Waals surface area contributed by atoms with Crippen LogP contribution in [0, 0.1) is 12.3 Å². The molecule has 0 N–H and O–H groups in total. The molecule has 0 heterocycles. The summed E-state index contributed by atoms with van der Waals surface area (Å²) in [4.78, 5) is 0. The molecule has 0 unspecified atom stereocenters. The Balaban J connectivity index is 0. The van der Waals surface area contributed by atoms with Gasteiger partial charge in [0.1, 0.15) is 6.54 Å². The van der Waals surface area contributed by atoms with Crippen LogP contribution in [-0.4, -0.2) is 44.6 Å². The summed E-state index contributed by atoms with van der Waals surface area (Å²) in [6.07, 6.45) is 37.2. The molecule has 0 aliphatic rings. The predicted octanol–water partition coefficient (Wildman–Crippen LogP) is 8.29. The Hall–Kier alpha value is 0.150. The summed E-state index contributed by atoms with van der Waals surface area (Å²) in [5.41, 5.74) is 0. The minimum atomic E-state index is -3.16. The van der Waals surface area contributed by atoms with Gasteiger partial charge in [0.2, 0.25) is 0 Å². The van der Waals surface area contributed by atoms with Crippen LogP contribution in [0.2, 0.25) is 0 Å². The number of rotatable bonds is 31. The lowest BCUT2D eigenvalue weighted by Gasteiger charge is -2.31. The number of unbranched alkanes of at least 4 members (excludes halogenated alkanes) is 22. The van der Waals surface area contributed by atoms with Crippen LogP contribution in [0.1, 0.15) is 168 Å². The number of terminal acetylenes is 1. The topological polar surface area (TPSA) is 35.5 Å². The van der Waals surface area contributed by atoms with Gasteiger partial charge in [0.05, 0.1) is 27.3 Å². The van der Waals surface area contributed by atoms with Gasteiger partial charge in [-0.2, -0.15) is 0 Å². The standard InChI is InChI=1S/C34H69NO3P.BrH/c1-6-9-11-13-15-17-19-21-23-25-27-29-32-37-39(36,34-35(4,5)31-8-3)38-33-30-28-26-24-22-20-18-16-14-12-10-7-2;/h3H,6-7,9-34H2,1-2,4-5H3;1H/q+1;/p-1. The molecule has 0 aromatic rings. The highest BCUT2D eigenvalue weighted by Gasteiger charge is 2.34.